The summed E-state index contributed by atoms with van der Waals surface area (Å²) in [4.78, 5) is 55.5. The Morgan fingerprint density at radius 3 is 2.33 bits per heavy atom. The summed E-state index contributed by atoms with van der Waals surface area (Å²) in [5.41, 5.74) is 6.71. The predicted molar refractivity (Wildman–Crippen MR) is 150 cm³/mol. The van der Waals surface area contributed by atoms with Gasteiger partial charge in [0.15, 0.2) is 0 Å². The number of nitrogens with two attached hydrogens (primary N) is 1. The average molecular weight is 567 g/mol. The summed E-state index contributed by atoms with van der Waals surface area (Å²) in [5.74, 6) is -1.34. The topological polar surface area (TPSA) is 163 Å². The molecule has 3 N–H and O–H groups in total. The van der Waals surface area contributed by atoms with Crippen LogP contribution in [0.1, 0.15) is 71.3 Å². The standard InChI is InChI=1S/C28H46N4O8/c1-4-19-31(22(3)27(34)39-20-12-21-40-32(36)37)26(33)24(15-10-7-11-18-29)30-25(28(35)38-5-2)17-16-23-13-8-6-9-14-23/h6,8-9,13-14,22,24-25,30H,4-5,7,10-12,15-21,29H2,1-3H3. The molecule has 1 aromatic rings. The molecule has 0 saturated carbocycles. The number of nitrogens with one attached hydrogen (secondary N) is 1. The number of unbranched alkanes of at least 4 members (excludes halogenated alkanes) is 2. The van der Waals surface area contributed by atoms with Crippen molar-refractivity contribution in [3.05, 3.63) is 46.0 Å². The van der Waals surface area contributed by atoms with E-state index in [2.05, 4.69) is 10.2 Å². The second-order valence-electron chi connectivity index (χ2n) is 9.47. The minimum absolute atomic E-state index is 0.0731. The van der Waals surface area contributed by atoms with Crippen molar-refractivity contribution in [2.24, 2.45) is 5.73 Å². The molecule has 0 aromatic heterocycles. The molecule has 1 rings (SSSR count). The van der Waals surface area contributed by atoms with E-state index in [-0.39, 0.29) is 32.1 Å². The number of nitrogens with zero attached hydrogens (tertiary/aromatic N) is 2. The first kappa shape index (κ1) is 34.8. The molecule has 0 heterocycles. The summed E-state index contributed by atoms with van der Waals surface area (Å²) in [6.45, 7) is 6.04. The second kappa shape index (κ2) is 20.6. The Morgan fingerprint density at radius 1 is 0.975 bits per heavy atom. The first-order chi connectivity index (χ1) is 19.2. The number of aryl methyl sites for hydroxylation is 1. The molecule has 0 radical (unpaired) electrons. The fourth-order valence-electron chi connectivity index (χ4n) is 4.21. The Morgan fingerprint density at radius 2 is 1.70 bits per heavy atom. The van der Waals surface area contributed by atoms with E-state index in [1.54, 1.807) is 13.8 Å². The monoisotopic (exact) mass is 566 g/mol. The van der Waals surface area contributed by atoms with E-state index in [1.165, 1.54) is 4.90 Å². The molecule has 1 aromatic carbocycles. The lowest BCUT2D eigenvalue weighted by atomic mass is 10.0. The molecule has 12 heteroatoms. The number of hydrogen-bond donors (Lipinski definition) is 2. The molecule has 0 spiro atoms. The van der Waals surface area contributed by atoms with Gasteiger partial charge in [0.05, 0.1) is 25.9 Å². The van der Waals surface area contributed by atoms with E-state index in [4.69, 9.17) is 15.2 Å². The van der Waals surface area contributed by atoms with E-state index < -0.39 is 35.2 Å². The molecule has 0 fully saturated rings. The Kier molecular flexibility index (Phi) is 17.9. The normalized spacial score (nSPS) is 13.1. The maximum absolute atomic E-state index is 13.9. The van der Waals surface area contributed by atoms with Gasteiger partial charge in [-0.2, -0.15) is 0 Å². The highest BCUT2D eigenvalue weighted by Gasteiger charge is 2.34. The van der Waals surface area contributed by atoms with Gasteiger partial charge in [-0.05, 0) is 58.1 Å². The van der Waals surface area contributed by atoms with Crippen molar-refractivity contribution in [2.75, 3.05) is 32.9 Å². The highest BCUT2D eigenvalue weighted by atomic mass is 16.9. The number of esters is 2. The van der Waals surface area contributed by atoms with E-state index in [0.717, 1.165) is 18.4 Å². The number of hydrogen-bond acceptors (Lipinski definition) is 10. The zero-order valence-electron chi connectivity index (χ0n) is 24.0. The zero-order valence-corrected chi connectivity index (χ0v) is 24.0. The van der Waals surface area contributed by atoms with Crippen LogP contribution >= 0.6 is 0 Å². The maximum Gasteiger partial charge on any atom is 0.328 e. The first-order valence-electron chi connectivity index (χ1n) is 14.2. The van der Waals surface area contributed by atoms with Gasteiger partial charge in [-0.15, -0.1) is 10.1 Å². The van der Waals surface area contributed by atoms with E-state index in [0.29, 0.717) is 45.2 Å². The van der Waals surface area contributed by atoms with Gasteiger partial charge < -0.3 is 24.9 Å². The molecule has 0 aliphatic heterocycles. The molecule has 226 valence electrons. The molecule has 0 aliphatic carbocycles. The third-order valence-corrected chi connectivity index (χ3v) is 6.32. The van der Waals surface area contributed by atoms with Crippen molar-refractivity contribution >= 4 is 17.8 Å². The maximum atomic E-state index is 13.9. The first-order valence-corrected chi connectivity index (χ1v) is 14.2. The molecule has 1 amide bonds. The summed E-state index contributed by atoms with van der Waals surface area (Å²) < 4.78 is 10.6. The number of carbonyl (C=O) groups is 3. The average Bonchev–Trinajstić information content (AvgIpc) is 2.94. The Balaban J connectivity index is 3.04. The lowest BCUT2D eigenvalue weighted by Crippen LogP contribution is -2.56. The number of ether oxygens (including phenoxy) is 2. The van der Waals surface area contributed by atoms with Gasteiger partial charge in [0, 0.05) is 13.0 Å². The minimum atomic E-state index is -0.907. The van der Waals surface area contributed by atoms with Crippen molar-refractivity contribution < 1.29 is 33.8 Å². The predicted octanol–water partition coefficient (Wildman–Crippen LogP) is 2.80. The summed E-state index contributed by atoms with van der Waals surface area (Å²) >= 11 is 0. The summed E-state index contributed by atoms with van der Waals surface area (Å²) in [6, 6.07) is 7.44. The smallest absolute Gasteiger partial charge is 0.328 e. The quantitative estimate of drug-likeness (QED) is 0.0923. The number of benzene rings is 1. The minimum Gasteiger partial charge on any atom is -0.465 e. The van der Waals surface area contributed by atoms with Gasteiger partial charge >= 0.3 is 11.9 Å². The lowest BCUT2D eigenvalue weighted by Gasteiger charge is -2.33. The highest BCUT2D eigenvalue weighted by Crippen LogP contribution is 2.15. The van der Waals surface area contributed by atoms with E-state index >= 15 is 0 Å². The van der Waals surface area contributed by atoms with Crippen molar-refractivity contribution in [1.82, 2.24) is 10.2 Å². The van der Waals surface area contributed by atoms with Crippen LogP contribution in [0, 0.1) is 10.1 Å². The van der Waals surface area contributed by atoms with Crippen molar-refractivity contribution in [1.29, 1.82) is 0 Å². The Hall–Kier alpha value is -3.25. The summed E-state index contributed by atoms with van der Waals surface area (Å²) in [5, 5.41) is 12.6. The van der Waals surface area contributed by atoms with Crippen LogP contribution in [0.5, 0.6) is 0 Å². The van der Waals surface area contributed by atoms with Crippen molar-refractivity contribution in [3.8, 4) is 0 Å². The van der Waals surface area contributed by atoms with E-state index in [9.17, 15) is 24.5 Å². The number of carbonyl (C=O) groups excluding carboxylic acids is 3. The summed E-state index contributed by atoms with van der Waals surface area (Å²) in [6.07, 6.45) is 4.63. The largest absolute Gasteiger partial charge is 0.465 e. The molecule has 12 nitrogen and oxygen atoms in total. The molecular formula is C28H46N4O8. The van der Waals surface area contributed by atoms with Gasteiger partial charge in [0.25, 0.3) is 5.09 Å². The van der Waals surface area contributed by atoms with Gasteiger partial charge in [-0.1, -0.05) is 50.1 Å². The van der Waals surface area contributed by atoms with Gasteiger partial charge in [-0.25, -0.2) is 4.79 Å². The van der Waals surface area contributed by atoms with Crippen LogP contribution in [0.25, 0.3) is 0 Å². The fourth-order valence-corrected chi connectivity index (χ4v) is 4.21. The second-order valence-corrected chi connectivity index (χ2v) is 9.47. The Labute approximate surface area is 237 Å². The molecule has 40 heavy (non-hydrogen) atoms. The molecule has 0 saturated heterocycles. The third-order valence-electron chi connectivity index (χ3n) is 6.32. The molecule has 3 atom stereocenters. The van der Waals surface area contributed by atoms with Crippen LogP contribution in [-0.2, 0) is 35.1 Å². The zero-order chi connectivity index (χ0) is 29.8. The lowest BCUT2D eigenvalue weighted by molar-refractivity contribution is -0.757. The van der Waals surface area contributed by atoms with Gasteiger partial charge in [-0.3, -0.25) is 14.9 Å². The third kappa shape index (κ3) is 13.7. The summed E-state index contributed by atoms with van der Waals surface area (Å²) in [7, 11) is 0. The molecule has 0 bridgehead atoms. The van der Waals surface area contributed by atoms with Crippen LogP contribution in [0.2, 0.25) is 0 Å². The van der Waals surface area contributed by atoms with Crippen LogP contribution in [-0.4, -0.2) is 78.9 Å². The SMILES string of the molecule is CCCN(C(=O)C(CCCCCN)NC(CCc1ccccc1)C(=O)OCC)C(C)C(=O)OCCCO[N+](=O)[O-]. The van der Waals surface area contributed by atoms with Gasteiger partial charge in [0.2, 0.25) is 5.91 Å². The molecule has 0 aliphatic rings. The molecule has 3 unspecified atom stereocenters. The number of rotatable bonds is 22. The number of amides is 1. The van der Waals surface area contributed by atoms with Crippen LogP contribution in [0.4, 0.5) is 0 Å². The van der Waals surface area contributed by atoms with E-state index in [1.807, 2.05) is 37.3 Å². The van der Waals surface area contributed by atoms with Crippen LogP contribution in [0.3, 0.4) is 0 Å². The van der Waals surface area contributed by atoms with Crippen molar-refractivity contribution in [3.63, 3.8) is 0 Å². The fraction of sp³-hybridized carbons (Fsp3) is 0.679. The Bertz CT molecular complexity index is 886. The highest BCUT2D eigenvalue weighted by molar-refractivity contribution is 5.88. The van der Waals surface area contributed by atoms with Crippen molar-refractivity contribution in [2.45, 2.75) is 90.3 Å². The molecular weight excluding hydrogens is 520 g/mol. The van der Waals surface area contributed by atoms with Gasteiger partial charge in [0.1, 0.15) is 12.1 Å². The van der Waals surface area contributed by atoms with Crippen LogP contribution < -0.4 is 11.1 Å². The van der Waals surface area contributed by atoms with Crippen LogP contribution in [0.15, 0.2) is 30.3 Å².